The van der Waals surface area contributed by atoms with Crippen molar-refractivity contribution < 1.29 is 13.2 Å². The van der Waals surface area contributed by atoms with Crippen LogP contribution in [-0.2, 0) is 6.18 Å². The lowest BCUT2D eigenvalue weighted by atomic mass is 10.2. The Morgan fingerprint density at radius 2 is 2.00 bits per heavy atom. The molecule has 0 amide bonds. The Kier molecular flexibility index (Phi) is 4.74. The minimum absolute atomic E-state index is 0.120. The van der Waals surface area contributed by atoms with Crippen LogP contribution in [0.1, 0.15) is 19.4 Å². The van der Waals surface area contributed by atoms with Gasteiger partial charge in [0, 0.05) is 25.3 Å². The SMILES string of the molecule is CC(C)NCCNc1ncccc1C(F)(F)F. The third kappa shape index (κ3) is 4.60. The van der Waals surface area contributed by atoms with Crippen molar-refractivity contribution in [1.82, 2.24) is 10.3 Å². The van der Waals surface area contributed by atoms with Crippen LogP contribution in [0.4, 0.5) is 19.0 Å². The molecule has 1 aromatic rings. The minimum Gasteiger partial charge on any atom is -0.368 e. The van der Waals surface area contributed by atoms with Crippen molar-refractivity contribution in [3.05, 3.63) is 23.9 Å². The topological polar surface area (TPSA) is 37.0 Å². The number of hydrogen-bond donors (Lipinski definition) is 2. The number of halogens is 3. The van der Waals surface area contributed by atoms with Gasteiger partial charge >= 0.3 is 6.18 Å². The van der Waals surface area contributed by atoms with Gasteiger partial charge in [0.1, 0.15) is 5.82 Å². The molecule has 1 rings (SSSR count). The molecule has 0 aliphatic heterocycles. The number of hydrogen-bond acceptors (Lipinski definition) is 3. The average Bonchev–Trinajstić information content (AvgIpc) is 2.23. The number of anilines is 1. The third-order valence-electron chi connectivity index (χ3n) is 2.08. The summed E-state index contributed by atoms with van der Waals surface area (Å²) < 4.78 is 37.8. The molecule has 96 valence electrons. The van der Waals surface area contributed by atoms with Crippen LogP contribution >= 0.6 is 0 Å². The molecule has 3 nitrogen and oxygen atoms in total. The maximum atomic E-state index is 12.6. The van der Waals surface area contributed by atoms with Gasteiger partial charge in [-0.3, -0.25) is 0 Å². The molecule has 0 aliphatic rings. The highest BCUT2D eigenvalue weighted by Gasteiger charge is 2.33. The van der Waals surface area contributed by atoms with E-state index in [4.69, 9.17) is 0 Å². The summed E-state index contributed by atoms with van der Waals surface area (Å²) in [5.74, 6) is -0.120. The molecule has 0 atom stereocenters. The van der Waals surface area contributed by atoms with Gasteiger partial charge in [-0.05, 0) is 12.1 Å². The Bertz CT molecular complexity index is 350. The second-order valence-corrected chi connectivity index (χ2v) is 3.93. The van der Waals surface area contributed by atoms with E-state index < -0.39 is 11.7 Å². The molecule has 0 unspecified atom stereocenters. The van der Waals surface area contributed by atoms with E-state index in [0.29, 0.717) is 19.1 Å². The Hall–Kier alpha value is -1.30. The van der Waals surface area contributed by atoms with Gasteiger partial charge in [-0.25, -0.2) is 4.98 Å². The van der Waals surface area contributed by atoms with Gasteiger partial charge in [0.25, 0.3) is 0 Å². The van der Waals surface area contributed by atoms with Gasteiger partial charge in [0.2, 0.25) is 0 Å². The monoisotopic (exact) mass is 247 g/mol. The van der Waals surface area contributed by atoms with E-state index in [0.717, 1.165) is 6.07 Å². The molecular weight excluding hydrogens is 231 g/mol. The first-order valence-electron chi connectivity index (χ1n) is 5.40. The Labute approximate surface area is 98.4 Å². The minimum atomic E-state index is -4.37. The maximum Gasteiger partial charge on any atom is 0.419 e. The first-order valence-corrected chi connectivity index (χ1v) is 5.40. The zero-order valence-corrected chi connectivity index (χ0v) is 9.80. The standard InChI is InChI=1S/C11H16F3N3/c1-8(2)15-6-7-17-10-9(11(12,13)14)4-3-5-16-10/h3-5,8,15H,6-7H2,1-2H3,(H,16,17). The van der Waals surface area contributed by atoms with Crippen molar-refractivity contribution in [2.24, 2.45) is 0 Å². The van der Waals surface area contributed by atoms with Crippen molar-refractivity contribution in [2.45, 2.75) is 26.1 Å². The fourth-order valence-electron chi connectivity index (χ4n) is 1.32. The number of nitrogens with zero attached hydrogens (tertiary/aromatic N) is 1. The summed E-state index contributed by atoms with van der Waals surface area (Å²) in [6.07, 6.45) is -3.03. The Balaban J connectivity index is 2.59. The summed E-state index contributed by atoms with van der Waals surface area (Å²) in [6.45, 7) is 4.94. The molecule has 0 saturated heterocycles. The maximum absolute atomic E-state index is 12.6. The lowest BCUT2D eigenvalue weighted by Crippen LogP contribution is -2.28. The van der Waals surface area contributed by atoms with E-state index in [1.54, 1.807) is 0 Å². The highest BCUT2D eigenvalue weighted by atomic mass is 19.4. The summed E-state index contributed by atoms with van der Waals surface area (Å²) in [7, 11) is 0. The molecule has 1 aromatic heterocycles. The van der Waals surface area contributed by atoms with Crippen molar-refractivity contribution >= 4 is 5.82 Å². The van der Waals surface area contributed by atoms with Crippen LogP contribution in [0, 0.1) is 0 Å². The second-order valence-electron chi connectivity index (χ2n) is 3.93. The van der Waals surface area contributed by atoms with Gasteiger partial charge in [-0.1, -0.05) is 13.8 Å². The first kappa shape index (κ1) is 13.8. The Morgan fingerprint density at radius 3 is 2.59 bits per heavy atom. The predicted octanol–water partition coefficient (Wildman–Crippen LogP) is 2.51. The average molecular weight is 247 g/mol. The zero-order valence-electron chi connectivity index (χ0n) is 9.80. The van der Waals surface area contributed by atoms with E-state index >= 15 is 0 Å². The van der Waals surface area contributed by atoms with E-state index in [1.165, 1.54) is 12.3 Å². The molecule has 17 heavy (non-hydrogen) atoms. The van der Waals surface area contributed by atoms with Crippen molar-refractivity contribution in [1.29, 1.82) is 0 Å². The van der Waals surface area contributed by atoms with Gasteiger partial charge in [0.15, 0.2) is 0 Å². The lowest BCUT2D eigenvalue weighted by Gasteiger charge is -2.14. The number of pyridine rings is 1. The van der Waals surface area contributed by atoms with Crippen molar-refractivity contribution in [3.63, 3.8) is 0 Å². The molecule has 6 heteroatoms. The van der Waals surface area contributed by atoms with Gasteiger partial charge in [-0.15, -0.1) is 0 Å². The van der Waals surface area contributed by atoms with Crippen LogP contribution in [0.2, 0.25) is 0 Å². The number of nitrogens with one attached hydrogen (secondary N) is 2. The lowest BCUT2D eigenvalue weighted by molar-refractivity contribution is -0.137. The van der Waals surface area contributed by atoms with Crippen LogP contribution in [0.15, 0.2) is 18.3 Å². The number of alkyl halides is 3. The van der Waals surface area contributed by atoms with Crippen LogP contribution in [0.3, 0.4) is 0 Å². The normalized spacial score (nSPS) is 11.9. The predicted molar refractivity (Wildman–Crippen MR) is 60.9 cm³/mol. The molecular formula is C11H16F3N3. The van der Waals surface area contributed by atoms with Gasteiger partial charge in [0.05, 0.1) is 5.56 Å². The van der Waals surface area contributed by atoms with E-state index in [-0.39, 0.29) is 5.82 Å². The summed E-state index contributed by atoms with van der Waals surface area (Å²) in [4.78, 5) is 3.70. The van der Waals surface area contributed by atoms with E-state index in [9.17, 15) is 13.2 Å². The second kappa shape index (κ2) is 5.86. The van der Waals surface area contributed by atoms with Crippen LogP contribution in [-0.4, -0.2) is 24.1 Å². The van der Waals surface area contributed by atoms with Crippen molar-refractivity contribution in [2.75, 3.05) is 18.4 Å². The smallest absolute Gasteiger partial charge is 0.368 e. The van der Waals surface area contributed by atoms with E-state index in [2.05, 4.69) is 15.6 Å². The first-order chi connectivity index (χ1) is 7.91. The van der Waals surface area contributed by atoms with Crippen LogP contribution in [0.5, 0.6) is 0 Å². The van der Waals surface area contributed by atoms with Gasteiger partial charge < -0.3 is 10.6 Å². The molecule has 0 aliphatic carbocycles. The summed E-state index contributed by atoms with van der Waals surface area (Å²) in [5, 5.41) is 5.78. The molecule has 0 spiro atoms. The quantitative estimate of drug-likeness (QED) is 0.785. The summed E-state index contributed by atoms with van der Waals surface area (Å²) in [5.41, 5.74) is -0.732. The highest BCUT2D eigenvalue weighted by Crippen LogP contribution is 2.33. The fourth-order valence-corrected chi connectivity index (χ4v) is 1.32. The summed E-state index contributed by atoms with van der Waals surface area (Å²) >= 11 is 0. The molecule has 0 saturated carbocycles. The Morgan fingerprint density at radius 1 is 1.29 bits per heavy atom. The van der Waals surface area contributed by atoms with Crippen LogP contribution in [0.25, 0.3) is 0 Å². The third-order valence-corrected chi connectivity index (χ3v) is 2.08. The van der Waals surface area contributed by atoms with Crippen LogP contribution < -0.4 is 10.6 Å². The zero-order chi connectivity index (χ0) is 12.9. The largest absolute Gasteiger partial charge is 0.419 e. The fraction of sp³-hybridized carbons (Fsp3) is 0.545. The molecule has 1 heterocycles. The van der Waals surface area contributed by atoms with E-state index in [1.807, 2.05) is 13.8 Å². The highest BCUT2D eigenvalue weighted by molar-refractivity contribution is 5.45. The molecule has 0 radical (unpaired) electrons. The molecule has 2 N–H and O–H groups in total. The number of rotatable bonds is 5. The molecule has 0 fully saturated rings. The number of aromatic nitrogens is 1. The summed E-state index contributed by atoms with van der Waals surface area (Å²) in [6, 6.07) is 2.61. The van der Waals surface area contributed by atoms with Gasteiger partial charge in [-0.2, -0.15) is 13.2 Å². The van der Waals surface area contributed by atoms with Crippen molar-refractivity contribution in [3.8, 4) is 0 Å². The molecule has 0 bridgehead atoms. The molecule has 0 aromatic carbocycles.